The molecule has 154 valence electrons. The maximum absolute atomic E-state index is 13.0. The highest BCUT2D eigenvalue weighted by Gasteiger charge is 2.38. The summed E-state index contributed by atoms with van der Waals surface area (Å²) >= 11 is 0. The van der Waals surface area contributed by atoms with Gasteiger partial charge in [0.25, 0.3) is 5.91 Å². The number of carbonyl (C=O) groups is 2. The van der Waals surface area contributed by atoms with Gasteiger partial charge in [-0.15, -0.1) is 0 Å². The van der Waals surface area contributed by atoms with E-state index in [1.165, 1.54) is 5.56 Å². The molecular formula is C24H30N2O3. The van der Waals surface area contributed by atoms with Crippen LogP contribution >= 0.6 is 0 Å². The SMILES string of the molecule is CCc1ccc(C(=O)Nc2ccc3c(c2)OCC(C)(C)C(=O)N3CC(C)C)cc1. The summed E-state index contributed by atoms with van der Waals surface area (Å²) in [6.07, 6.45) is 0.937. The first-order valence-electron chi connectivity index (χ1n) is 10.2. The van der Waals surface area contributed by atoms with Gasteiger partial charge in [0, 0.05) is 23.9 Å². The molecule has 29 heavy (non-hydrogen) atoms. The monoisotopic (exact) mass is 394 g/mol. The van der Waals surface area contributed by atoms with Crippen molar-refractivity contribution in [3.63, 3.8) is 0 Å². The summed E-state index contributed by atoms with van der Waals surface area (Å²) in [5.74, 6) is 0.823. The lowest BCUT2D eigenvalue weighted by molar-refractivity contribution is -0.127. The molecule has 0 saturated carbocycles. The van der Waals surface area contributed by atoms with Crippen LogP contribution in [0.1, 0.15) is 50.5 Å². The molecular weight excluding hydrogens is 364 g/mol. The molecule has 0 bridgehead atoms. The number of carbonyl (C=O) groups excluding carboxylic acids is 2. The number of ether oxygens (including phenoxy) is 1. The average Bonchev–Trinajstić information content (AvgIpc) is 2.78. The van der Waals surface area contributed by atoms with Crippen LogP contribution in [0.2, 0.25) is 0 Å². The molecule has 5 nitrogen and oxygen atoms in total. The van der Waals surface area contributed by atoms with Crippen molar-refractivity contribution in [3.05, 3.63) is 53.6 Å². The molecule has 0 radical (unpaired) electrons. The number of amides is 2. The van der Waals surface area contributed by atoms with E-state index in [1.54, 1.807) is 6.07 Å². The molecule has 1 aliphatic heterocycles. The quantitative estimate of drug-likeness (QED) is 0.784. The van der Waals surface area contributed by atoms with Gasteiger partial charge >= 0.3 is 0 Å². The van der Waals surface area contributed by atoms with E-state index in [-0.39, 0.29) is 11.8 Å². The number of nitrogens with one attached hydrogen (secondary N) is 1. The van der Waals surface area contributed by atoms with Crippen LogP contribution in [0, 0.1) is 11.3 Å². The van der Waals surface area contributed by atoms with Crippen LogP contribution in [0.15, 0.2) is 42.5 Å². The van der Waals surface area contributed by atoms with E-state index in [4.69, 9.17) is 4.74 Å². The minimum atomic E-state index is -0.613. The van der Waals surface area contributed by atoms with Gasteiger partial charge in [-0.1, -0.05) is 32.9 Å². The number of anilines is 2. The Morgan fingerprint density at radius 2 is 1.86 bits per heavy atom. The van der Waals surface area contributed by atoms with Crippen molar-refractivity contribution < 1.29 is 14.3 Å². The number of aryl methyl sites for hydroxylation is 1. The summed E-state index contributed by atoms with van der Waals surface area (Å²) in [4.78, 5) is 27.4. The van der Waals surface area contributed by atoms with Crippen molar-refractivity contribution in [1.82, 2.24) is 0 Å². The van der Waals surface area contributed by atoms with E-state index in [0.29, 0.717) is 36.1 Å². The molecule has 0 fully saturated rings. The maximum atomic E-state index is 13.0. The summed E-state index contributed by atoms with van der Waals surface area (Å²) in [5, 5.41) is 2.93. The molecule has 1 N–H and O–H groups in total. The van der Waals surface area contributed by atoms with Crippen molar-refractivity contribution in [1.29, 1.82) is 0 Å². The van der Waals surface area contributed by atoms with E-state index >= 15 is 0 Å². The highest BCUT2D eigenvalue weighted by Crippen LogP contribution is 2.38. The van der Waals surface area contributed by atoms with E-state index in [2.05, 4.69) is 26.1 Å². The first-order valence-corrected chi connectivity index (χ1v) is 10.2. The Hall–Kier alpha value is -2.82. The van der Waals surface area contributed by atoms with Gasteiger partial charge in [0.05, 0.1) is 11.1 Å². The summed E-state index contributed by atoms with van der Waals surface area (Å²) < 4.78 is 5.99. The van der Waals surface area contributed by atoms with Crippen molar-refractivity contribution in [2.75, 3.05) is 23.4 Å². The van der Waals surface area contributed by atoms with Crippen molar-refractivity contribution in [3.8, 4) is 5.75 Å². The van der Waals surface area contributed by atoms with Crippen LogP contribution < -0.4 is 15.0 Å². The molecule has 5 heteroatoms. The minimum Gasteiger partial charge on any atom is -0.490 e. The fraction of sp³-hybridized carbons (Fsp3) is 0.417. The molecule has 0 aromatic heterocycles. The lowest BCUT2D eigenvalue weighted by Crippen LogP contribution is -2.43. The molecule has 1 heterocycles. The Bertz CT molecular complexity index is 901. The Balaban J connectivity index is 1.86. The normalized spacial score (nSPS) is 15.5. The van der Waals surface area contributed by atoms with Crippen LogP contribution in [0.4, 0.5) is 11.4 Å². The smallest absolute Gasteiger partial charge is 0.255 e. The van der Waals surface area contributed by atoms with Crippen LogP contribution in [0.25, 0.3) is 0 Å². The van der Waals surface area contributed by atoms with E-state index in [9.17, 15) is 9.59 Å². The van der Waals surface area contributed by atoms with Gasteiger partial charge in [-0.25, -0.2) is 0 Å². The van der Waals surface area contributed by atoms with E-state index < -0.39 is 5.41 Å². The molecule has 1 aliphatic rings. The standard InChI is InChI=1S/C24H30N2O3/c1-6-17-7-9-18(10-8-17)22(27)25-19-11-12-20-21(13-19)29-15-24(4,5)23(28)26(20)14-16(2)3/h7-13,16H,6,14-15H2,1-5H3,(H,25,27). The molecule has 0 atom stereocenters. The second kappa shape index (κ2) is 8.27. The molecule has 0 spiro atoms. The number of hydrogen-bond acceptors (Lipinski definition) is 3. The number of benzene rings is 2. The maximum Gasteiger partial charge on any atom is 0.255 e. The van der Waals surface area contributed by atoms with Gasteiger partial charge in [-0.2, -0.15) is 0 Å². The lowest BCUT2D eigenvalue weighted by Gasteiger charge is -2.29. The number of rotatable bonds is 5. The largest absolute Gasteiger partial charge is 0.490 e. The number of hydrogen-bond donors (Lipinski definition) is 1. The van der Waals surface area contributed by atoms with Crippen molar-refractivity contribution >= 4 is 23.2 Å². The number of fused-ring (bicyclic) bond motifs is 1. The predicted molar refractivity (Wildman–Crippen MR) is 117 cm³/mol. The van der Waals surface area contributed by atoms with Gasteiger partial charge in [-0.05, 0) is 56.0 Å². The first-order chi connectivity index (χ1) is 13.7. The van der Waals surface area contributed by atoms with Crippen LogP contribution in [0.3, 0.4) is 0 Å². The van der Waals surface area contributed by atoms with E-state index in [0.717, 1.165) is 12.1 Å². The number of nitrogens with zero attached hydrogens (tertiary/aromatic N) is 1. The Labute approximate surface area is 173 Å². The lowest BCUT2D eigenvalue weighted by atomic mass is 9.92. The molecule has 3 rings (SSSR count). The molecule has 0 aliphatic carbocycles. The fourth-order valence-electron chi connectivity index (χ4n) is 3.37. The molecule has 2 aromatic carbocycles. The Kier molecular flexibility index (Phi) is 5.96. The third-order valence-corrected chi connectivity index (χ3v) is 5.09. The summed E-state index contributed by atoms with van der Waals surface area (Å²) in [6, 6.07) is 13.1. The molecule has 0 unspecified atom stereocenters. The van der Waals surface area contributed by atoms with Gasteiger partial charge < -0.3 is 15.0 Å². The Morgan fingerprint density at radius 3 is 2.48 bits per heavy atom. The van der Waals surface area contributed by atoms with Crippen LogP contribution in [-0.2, 0) is 11.2 Å². The zero-order valence-electron chi connectivity index (χ0n) is 17.9. The zero-order chi connectivity index (χ0) is 21.2. The third kappa shape index (κ3) is 4.61. The van der Waals surface area contributed by atoms with Crippen LogP contribution in [-0.4, -0.2) is 25.0 Å². The van der Waals surface area contributed by atoms with Gasteiger partial charge in [0.2, 0.25) is 5.91 Å². The summed E-state index contributed by atoms with van der Waals surface area (Å²) in [7, 11) is 0. The summed E-state index contributed by atoms with van der Waals surface area (Å²) in [6.45, 7) is 11.0. The highest BCUT2D eigenvalue weighted by molar-refractivity contribution is 6.05. The average molecular weight is 395 g/mol. The second-order valence-corrected chi connectivity index (χ2v) is 8.67. The molecule has 2 amide bonds. The van der Waals surface area contributed by atoms with Crippen LogP contribution in [0.5, 0.6) is 5.75 Å². The highest BCUT2D eigenvalue weighted by atomic mass is 16.5. The summed E-state index contributed by atoms with van der Waals surface area (Å²) in [5.41, 5.74) is 2.58. The topological polar surface area (TPSA) is 58.6 Å². The molecule has 0 saturated heterocycles. The van der Waals surface area contributed by atoms with Gasteiger partial charge in [0.15, 0.2) is 0 Å². The fourth-order valence-corrected chi connectivity index (χ4v) is 3.37. The van der Waals surface area contributed by atoms with Crippen molar-refractivity contribution in [2.45, 2.75) is 41.0 Å². The third-order valence-electron chi connectivity index (χ3n) is 5.09. The minimum absolute atomic E-state index is 0.0535. The second-order valence-electron chi connectivity index (χ2n) is 8.67. The van der Waals surface area contributed by atoms with Gasteiger partial charge in [-0.3, -0.25) is 9.59 Å². The van der Waals surface area contributed by atoms with Crippen molar-refractivity contribution in [2.24, 2.45) is 11.3 Å². The predicted octanol–water partition coefficient (Wildman–Crippen LogP) is 4.91. The first kappa shape index (κ1) is 20.9. The van der Waals surface area contributed by atoms with Gasteiger partial charge in [0.1, 0.15) is 12.4 Å². The molecule has 2 aromatic rings. The Morgan fingerprint density at radius 1 is 1.17 bits per heavy atom. The zero-order valence-corrected chi connectivity index (χ0v) is 17.9. The van der Waals surface area contributed by atoms with E-state index in [1.807, 2.05) is 55.1 Å².